The van der Waals surface area contributed by atoms with Gasteiger partial charge in [0.15, 0.2) is 0 Å². The van der Waals surface area contributed by atoms with E-state index in [2.05, 4.69) is 0 Å². The molecule has 0 nitrogen and oxygen atoms in total. The minimum Gasteiger partial charge on any atom is 0 e. The van der Waals surface area contributed by atoms with Gasteiger partial charge in [-0.2, -0.15) is 0 Å². The molecule has 0 aliphatic heterocycles. The zero-order chi connectivity index (χ0) is 0. The van der Waals surface area contributed by atoms with Gasteiger partial charge in [-0.15, -0.1) is 0 Å². The van der Waals surface area contributed by atoms with Crippen molar-refractivity contribution >= 4 is 42.8 Å². The van der Waals surface area contributed by atoms with Crippen molar-refractivity contribution in [1.29, 1.82) is 0 Å². The summed E-state index contributed by atoms with van der Waals surface area (Å²) >= 11 is 0. The Labute approximate surface area is 82.6 Å². The van der Waals surface area contributed by atoms with E-state index in [1.54, 1.807) is 0 Å². The minimum absolute atomic E-state index is 0. The molecular formula is H3LiSnTiZn. The maximum absolute atomic E-state index is 0. The summed E-state index contributed by atoms with van der Waals surface area (Å²) < 4.78 is 0. The smallest absolute Gasteiger partial charge is 0 e. The van der Waals surface area contributed by atoms with Crippen LogP contribution in [0.15, 0.2) is 0 Å². The molecular weight excluding hydrogens is 239 g/mol. The summed E-state index contributed by atoms with van der Waals surface area (Å²) in [5, 5.41) is 0. The molecule has 0 fully saturated rings. The van der Waals surface area contributed by atoms with Crippen LogP contribution in [0.4, 0.5) is 0 Å². The minimum atomic E-state index is 0. The third-order valence-corrected chi connectivity index (χ3v) is 0. The fourth-order valence-electron chi connectivity index (χ4n) is 0. The Morgan fingerprint density at radius 1 is 1.00 bits per heavy atom. The van der Waals surface area contributed by atoms with Gasteiger partial charge in [-0.3, -0.25) is 0 Å². The van der Waals surface area contributed by atoms with Gasteiger partial charge in [0, 0.05) is 41.2 Å². The molecule has 2 radical (unpaired) electrons. The van der Waals surface area contributed by atoms with Gasteiger partial charge in [-0.1, -0.05) is 0 Å². The van der Waals surface area contributed by atoms with Gasteiger partial charge in [0.25, 0.3) is 0 Å². The Bertz CT molecular complexity index is 8.00. The molecule has 0 aliphatic rings. The molecule has 0 spiro atoms. The van der Waals surface area contributed by atoms with Crippen LogP contribution in [0.25, 0.3) is 0 Å². The summed E-state index contributed by atoms with van der Waals surface area (Å²) in [5.41, 5.74) is 0. The van der Waals surface area contributed by atoms with Crippen molar-refractivity contribution in [2.75, 3.05) is 0 Å². The first-order chi connectivity index (χ1) is 0. The summed E-state index contributed by atoms with van der Waals surface area (Å²) in [6, 6.07) is 0. The molecule has 0 aliphatic carbocycles. The maximum atomic E-state index is 0. The molecule has 0 aromatic rings. The molecule has 0 amide bonds. The van der Waals surface area contributed by atoms with E-state index in [0.717, 1.165) is 0 Å². The first kappa shape index (κ1) is 29.6. The van der Waals surface area contributed by atoms with Gasteiger partial charge in [0.2, 0.25) is 0 Å². The topological polar surface area (TPSA) is 0 Å². The van der Waals surface area contributed by atoms with Crippen LogP contribution in [0.3, 0.4) is 0 Å². The first-order valence-corrected chi connectivity index (χ1v) is 0. The van der Waals surface area contributed by atoms with E-state index in [1.807, 2.05) is 0 Å². The van der Waals surface area contributed by atoms with Gasteiger partial charge >= 0.3 is 42.8 Å². The van der Waals surface area contributed by atoms with Crippen LogP contribution in [-0.4, -0.2) is 42.8 Å². The largest absolute Gasteiger partial charge is 0 e. The fraction of sp³-hybridized carbons (Fsp3) is 0. The van der Waals surface area contributed by atoms with Crippen LogP contribution < -0.4 is 0 Å². The monoisotopic (exact) mass is 242 g/mol. The second kappa shape index (κ2) is 17.2. The van der Waals surface area contributed by atoms with E-state index in [9.17, 15) is 0 Å². The molecule has 0 aromatic heterocycles. The van der Waals surface area contributed by atoms with Gasteiger partial charge in [0.05, 0.1) is 0 Å². The summed E-state index contributed by atoms with van der Waals surface area (Å²) in [7, 11) is 0. The van der Waals surface area contributed by atoms with Crippen molar-refractivity contribution in [1.82, 2.24) is 0 Å². The van der Waals surface area contributed by atoms with E-state index in [0.29, 0.717) is 0 Å². The van der Waals surface area contributed by atoms with Crippen LogP contribution in [0.1, 0.15) is 0 Å². The zero-order valence-electron chi connectivity index (χ0n) is 1.91. The SMILES string of the molecule is [LiH].[SnH2].[Ti].[Zn]. The molecule has 4 heavy (non-hydrogen) atoms. The molecule has 0 atom stereocenters. The molecule has 0 saturated carbocycles. The second-order valence-electron chi connectivity index (χ2n) is 0. The van der Waals surface area contributed by atoms with E-state index < -0.39 is 0 Å². The third-order valence-electron chi connectivity index (χ3n) is 0. The van der Waals surface area contributed by atoms with Crippen molar-refractivity contribution in [3.63, 3.8) is 0 Å². The van der Waals surface area contributed by atoms with Crippen LogP contribution in [0.2, 0.25) is 0 Å². The van der Waals surface area contributed by atoms with Gasteiger partial charge in [0.1, 0.15) is 0 Å². The summed E-state index contributed by atoms with van der Waals surface area (Å²) in [6.45, 7) is 0. The third kappa shape index (κ3) is 8.83. The molecule has 0 saturated heterocycles. The zero-order valence-corrected chi connectivity index (χ0v) is 10.5. The van der Waals surface area contributed by atoms with E-state index in [-0.39, 0.29) is 84.0 Å². The Kier molecular flexibility index (Phi) is 127. The number of hydrogen-bond acceptors (Lipinski definition) is 0. The molecule has 0 N–H and O–H groups in total. The molecule has 0 rings (SSSR count). The molecule has 4 heteroatoms. The van der Waals surface area contributed by atoms with E-state index in [4.69, 9.17) is 0 Å². The van der Waals surface area contributed by atoms with Crippen molar-refractivity contribution in [3.05, 3.63) is 0 Å². The Balaban J connectivity index is 0. The standard InChI is InChI=1S/Li.Sn.Ti.Zn.3H. The summed E-state index contributed by atoms with van der Waals surface area (Å²) in [4.78, 5) is 0. The van der Waals surface area contributed by atoms with Crippen molar-refractivity contribution < 1.29 is 41.2 Å². The molecule has 14 valence electrons. The summed E-state index contributed by atoms with van der Waals surface area (Å²) in [5.74, 6) is 0. The second-order valence-corrected chi connectivity index (χ2v) is 0. The van der Waals surface area contributed by atoms with Crippen molar-refractivity contribution in [3.8, 4) is 0 Å². The van der Waals surface area contributed by atoms with Crippen molar-refractivity contribution in [2.45, 2.75) is 0 Å². The molecule has 0 bridgehead atoms. The maximum Gasteiger partial charge on any atom is 0 e. The Morgan fingerprint density at radius 3 is 1.00 bits per heavy atom. The van der Waals surface area contributed by atoms with Gasteiger partial charge in [-0.25, -0.2) is 0 Å². The predicted molar refractivity (Wildman–Crippen MR) is 15.7 cm³/mol. The van der Waals surface area contributed by atoms with Crippen LogP contribution in [-0.2, 0) is 41.2 Å². The number of hydrogen-bond donors (Lipinski definition) is 0. The van der Waals surface area contributed by atoms with Gasteiger partial charge < -0.3 is 0 Å². The first-order valence-electron chi connectivity index (χ1n) is 0. The van der Waals surface area contributed by atoms with E-state index >= 15 is 0 Å². The predicted octanol–water partition coefficient (Wildman–Crippen LogP) is -1.57. The average molecular weight is 242 g/mol. The van der Waals surface area contributed by atoms with E-state index in [1.165, 1.54) is 0 Å². The summed E-state index contributed by atoms with van der Waals surface area (Å²) in [6.07, 6.45) is 0. The van der Waals surface area contributed by atoms with Crippen LogP contribution in [0, 0.1) is 0 Å². The fourth-order valence-corrected chi connectivity index (χ4v) is 0. The van der Waals surface area contributed by atoms with Crippen molar-refractivity contribution in [2.24, 2.45) is 0 Å². The molecule has 0 aromatic carbocycles. The quantitative estimate of drug-likeness (QED) is 0.450. The Hall–Kier alpha value is 2.73. The Morgan fingerprint density at radius 2 is 1.00 bits per heavy atom. The normalized spacial score (nSPS) is 0. The number of rotatable bonds is 0. The van der Waals surface area contributed by atoms with Crippen LogP contribution in [0.5, 0.6) is 0 Å². The molecule has 0 unspecified atom stereocenters. The molecule has 0 heterocycles. The van der Waals surface area contributed by atoms with Crippen LogP contribution >= 0.6 is 0 Å². The van der Waals surface area contributed by atoms with Gasteiger partial charge in [-0.05, 0) is 0 Å². The average Bonchev–Trinajstić information content (AvgIpc) is 0.